The lowest BCUT2D eigenvalue weighted by atomic mass is 9.82. The quantitative estimate of drug-likeness (QED) is 0.778. The fourth-order valence-electron chi connectivity index (χ4n) is 2.73. The van der Waals surface area contributed by atoms with Gasteiger partial charge in [-0.3, -0.25) is 9.88 Å². The predicted molar refractivity (Wildman–Crippen MR) is 81.6 cm³/mol. The van der Waals surface area contributed by atoms with E-state index in [4.69, 9.17) is 4.74 Å². The zero-order chi connectivity index (χ0) is 13.7. The van der Waals surface area contributed by atoms with Gasteiger partial charge in [-0.2, -0.15) is 0 Å². The standard InChI is InChI=1S/C15H23BrN2O/c1-13-4-3-5-14(17-13)10-18(2)12-15(11-16)6-8-19-9-7-15/h3-5H,6-12H2,1-2H3. The van der Waals surface area contributed by atoms with E-state index in [0.29, 0.717) is 5.41 Å². The van der Waals surface area contributed by atoms with Crippen LogP contribution in [-0.2, 0) is 11.3 Å². The first-order chi connectivity index (χ1) is 9.13. The molecule has 0 amide bonds. The van der Waals surface area contributed by atoms with Gasteiger partial charge in [0.1, 0.15) is 0 Å². The Bertz CT molecular complexity index is 405. The number of aromatic nitrogens is 1. The minimum Gasteiger partial charge on any atom is -0.381 e. The molecule has 106 valence electrons. The summed E-state index contributed by atoms with van der Waals surface area (Å²) in [5, 5.41) is 1.05. The first-order valence-corrected chi connectivity index (χ1v) is 8.00. The van der Waals surface area contributed by atoms with Crippen LogP contribution in [0, 0.1) is 12.3 Å². The summed E-state index contributed by atoms with van der Waals surface area (Å²) in [7, 11) is 2.18. The van der Waals surface area contributed by atoms with Crippen molar-refractivity contribution in [3.8, 4) is 0 Å². The number of halogens is 1. The van der Waals surface area contributed by atoms with Gasteiger partial charge < -0.3 is 4.74 Å². The van der Waals surface area contributed by atoms with Gasteiger partial charge >= 0.3 is 0 Å². The van der Waals surface area contributed by atoms with Crippen LogP contribution in [-0.4, -0.2) is 42.0 Å². The molecule has 0 spiro atoms. The highest BCUT2D eigenvalue weighted by Gasteiger charge is 2.32. The van der Waals surface area contributed by atoms with Gasteiger partial charge in [-0.25, -0.2) is 0 Å². The second kappa shape index (κ2) is 6.82. The van der Waals surface area contributed by atoms with Gasteiger partial charge in [0.05, 0.1) is 5.69 Å². The zero-order valence-electron chi connectivity index (χ0n) is 11.9. The van der Waals surface area contributed by atoms with E-state index in [1.54, 1.807) is 0 Å². The van der Waals surface area contributed by atoms with Crippen molar-refractivity contribution in [2.45, 2.75) is 26.3 Å². The number of alkyl halides is 1. The smallest absolute Gasteiger partial charge is 0.0547 e. The first kappa shape index (κ1) is 14.9. The molecule has 1 saturated heterocycles. The van der Waals surface area contributed by atoms with Crippen molar-refractivity contribution in [2.75, 3.05) is 32.1 Å². The maximum absolute atomic E-state index is 5.49. The second-order valence-electron chi connectivity index (χ2n) is 5.69. The highest BCUT2D eigenvalue weighted by atomic mass is 79.9. The van der Waals surface area contributed by atoms with Crippen molar-refractivity contribution in [2.24, 2.45) is 5.41 Å². The molecule has 0 atom stereocenters. The number of rotatable bonds is 5. The Morgan fingerprint density at radius 1 is 1.37 bits per heavy atom. The van der Waals surface area contributed by atoms with Crippen LogP contribution in [0.25, 0.3) is 0 Å². The molecule has 19 heavy (non-hydrogen) atoms. The van der Waals surface area contributed by atoms with Crippen LogP contribution < -0.4 is 0 Å². The van der Waals surface area contributed by atoms with Gasteiger partial charge in [-0.05, 0) is 44.4 Å². The van der Waals surface area contributed by atoms with Crippen LogP contribution in [0.3, 0.4) is 0 Å². The summed E-state index contributed by atoms with van der Waals surface area (Å²) in [5.41, 5.74) is 2.60. The number of nitrogens with zero attached hydrogens (tertiary/aromatic N) is 2. The molecule has 0 bridgehead atoms. The highest BCUT2D eigenvalue weighted by Crippen LogP contribution is 2.33. The van der Waals surface area contributed by atoms with Gasteiger partial charge in [0.2, 0.25) is 0 Å². The molecule has 2 rings (SSSR count). The number of ether oxygens (including phenoxy) is 1. The first-order valence-electron chi connectivity index (χ1n) is 6.88. The molecule has 0 unspecified atom stereocenters. The summed E-state index contributed by atoms with van der Waals surface area (Å²) >= 11 is 3.70. The van der Waals surface area contributed by atoms with Crippen LogP contribution in [0.5, 0.6) is 0 Å². The summed E-state index contributed by atoms with van der Waals surface area (Å²) in [4.78, 5) is 6.96. The lowest BCUT2D eigenvalue weighted by molar-refractivity contribution is 0.0108. The van der Waals surface area contributed by atoms with E-state index in [1.807, 2.05) is 13.0 Å². The van der Waals surface area contributed by atoms with Crippen LogP contribution in [0.2, 0.25) is 0 Å². The van der Waals surface area contributed by atoms with Crippen molar-refractivity contribution in [3.05, 3.63) is 29.6 Å². The van der Waals surface area contributed by atoms with E-state index < -0.39 is 0 Å². The monoisotopic (exact) mass is 326 g/mol. The van der Waals surface area contributed by atoms with Crippen LogP contribution in [0.15, 0.2) is 18.2 Å². The molecule has 1 aliphatic heterocycles. The van der Waals surface area contributed by atoms with E-state index in [2.05, 4.69) is 45.0 Å². The van der Waals surface area contributed by atoms with E-state index >= 15 is 0 Å². The van der Waals surface area contributed by atoms with E-state index in [-0.39, 0.29) is 0 Å². The maximum Gasteiger partial charge on any atom is 0.0547 e. The Kier molecular flexibility index (Phi) is 5.37. The van der Waals surface area contributed by atoms with E-state index in [9.17, 15) is 0 Å². The molecule has 1 aliphatic rings. The molecular formula is C15H23BrN2O. The van der Waals surface area contributed by atoms with Crippen molar-refractivity contribution in [1.29, 1.82) is 0 Å². The van der Waals surface area contributed by atoms with Crippen LogP contribution >= 0.6 is 15.9 Å². The normalized spacial score (nSPS) is 18.7. The second-order valence-corrected chi connectivity index (χ2v) is 6.25. The third-order valence-electron chi connectivity index (χ3n) is 3.82. The predicted octanol–water partition coefficient (Wildman–Crippen LogP) is 3.01. The molecule has 0 N–H and O–H groups in total. The van der Waals surface area contributed by atoms with Gasteiger partial charge in [0.15, 0.2) is 0 Å². The molecule has 2 heterocycles. The Labute approximate surface area is 124 Å². The molecule has 1 fully saturated rings. The van der Waals surface area contributed by atoms with E-state index in [0.717, 1.165) is 55.9 Å². The molecule has 1 aromatic rings. The molecule has 0 aromatic carbocycles. The van der Waals surface area contributed by atoms with Crippen molar-refractivity contribution in [3.63, 3.8) is 0 Å². The summed E-state index contributed by atoms with van der Waals surface area (Å²) in [6, 6.07) is 6.23. The van der Waals surface area contributed by atoms with Crippen LogP contribution in [0.1, 0.15) is 24.2 Å². The number of hydrogen-bond donors (Lipinski definition) is 0. The maximum atomic E-state index is 5.49. The van der Waals surface area contributed by atoms with Crippen molar-refractivity contribution >= 4 is 15.9 Å². The minimum atomic E-state index is 0.358. The fraction of sp³-hybridized carbons (Fsp3) is 0.667. The van der Waals surface area contributed by atoms with Crippen molar-refractivity contribution in [1.82, 2.24) is 9.88 Å². The summed E-state index contributed by atoms with van der Waals surface area (Å²) in [6.45, 7) is 5.83. The molecule has 4 heteroatoms. The molecule has 3 nitrogen and oxygen atoms in total. The molecule has 1 aromatic heterocycles. The lowest BCUT2D eigenvalue weighted by Crippen LogP contribution is -2.41. The number of pyridine rings is 1. The molecule has 0 saturated carbocycles. The lowest BCUT2D eigenvalue weighted by Gasteiger charge is -2.38. The summed E-state index contributed by atoms with van der Waals surface area (Å²) in [6.07, 6.45) is 2.29. The number of aryl methyl sites for hydroxylation is 1. The minimum absolute atomic E-state index is 0.358. The molecule has 0 aliphatic carbocycles. The Hall–Kier alpha value is -0.450. The zero-order valence-corrected chi connectivity index (χ0v) is 13.4. The average molecular weight is 327 g/mol. The van der Waals surface area contributed by atoms with Crippen molar-refractivity contribution < 1.29 is 4.74 Å². The molecular weight excluding hydrogens is 304 g/mol. The van der Waals surface area contributed by atoms with Crippen LogP contribution in [0.4, 0.5) is 0 Å². The van der Waals surface area contributed by atoms with Gasteiger partial charge in [-0.1, -0.05) is 22.0 Å². The van der Waals surface area contributed by atoms with Gasteiger partial charge in [0.25, 0.3) is 0 Å². The Balaban J connectivity index is 1.94. The number of hydrogen-bond acceptors (Lipinski definition) is 3. The fourth-order valence-corrected chi connectivity index (χ4v) is 3.47. The summed E-state index contributed by atoms with van der Waals surface area (Å²) < 4.78 is 5.49. The Morgan fingerprint density at radius 2 is 2.11 bits per heavy atom. The summed E-state index contributed by atoms with van der Waals surface area (Å²) in [5.74, 6) is 0. The Morgan fingerprint density at radius 3 is 2.74 bits per heavy atom. The third-order valence-corrected chi connectivity index (χ3v) is 5.01. The highest BCUT2D eigenvalue weighted by molar-refractivity contribution is 9.09. The molecule has 0 radical (unpaired) electrons. The van der Waals surface area contributed by atoms with E-state index in [1.165, 1.54) is 0 Å². The van der Waals surface area contributed by atoms with Gasteiger partial charge in [-0.15, -0.1) is 0 Å². The van der Waals surface area contributed by atoms with Gasteiger partial charge in [0, 0.05) is 37.3 Å². The topological polar surface area (TPSA) is 25.4 Å². The SMILES string of the molecule is Cc1cccc(CN(C)CC2(CBr)CCOCC2)n1. The average Bonchev–Trinajstić information content (AvgIpc) is 2.39. The third kappa shape index (κ3) is 4.26. The largest absolute Gasteiger partial charge is 0.381 e.